The molecule has 0 spiro atoms. The summed E-state index contributed by atoms with van der Waals surface area (Å²) in [5, 5.41) is 18.0. The summed E-state index contributed by atoms with van der Waals surface area (Å²) in [5.41, 5.74) is 0.450. The Morgan fingerprint density at radius 1 is 1.10 bits per heavy atom. The molecule has 0 aromatic heterocycles. The van der Waals surface area contributed by atoms with E-state index in [1.807, 2.05) is 18.2 Å². The maximum absolute atomic E-state index is 9.04. The van der Waals surface area contributed by atoms with Gasteiger partial charge in [0, 0.05) is 5.04 Å². The van der Waals surface area contributed by atoms with Gasteiger partial charge in [0.15, 0.2) is 0 Å². The quantitative estimate of drug-likeness (QED) is 0.532. The first-order chi connectivity index (χ1) is 9.56. The highest BCUT2D eigenvalue weighted by molar-refractivity contribution is 6.58. The van der Waals surface area contributed by atoms with Gasteiger partial charge in [-0.2, -0.15) is 0 Å². The Hall–Kier alpha value is -1.56. The predicted octanol–water partition coefficient (Wildman–Crippen LogP) is 1.33. The molecular formula is C15H21BO3Si. The van der Waals surface area contributed by atoms with Gasteiger partial charge in [-0.25, -0.2) is 0 Å². The fourth-order valence-electron chi connectivity index (χ4n) is 1.96. The van der Waals surface area contributed by atoms with Crippen molar-refractivity contribution in [3.05, 3.63) is 62.2 Å². The first-order valence-electron chi connectivity index (χ1n) is 6.51. The average molecular weight is 288 g/mol. The van der Waals surface area contributed by atoms with E-state index in [0.717, 1.165) is 18.6 Å². The van der Waals surface area contributed by atoms with Crippen molar-refractivity contribution in [1.29, 1.82) is 0 Å². The third-order valence-electron chi connectivity index (χ3n) is 3.24. The van der Waals surface area contributed by atoms with Gasteiger partial charge >= 0.3 is 7.12 Å². The van der Waals surface area contributed by atoms with Crippen LogP contribution >= 0.6 is 0 Å². The zero-order chi connectivity index (χ0) is 15.0. The maximum Gasteiger partial charge on any atom is 0.488 e. The molecule has 0 heterocycles. The summed E-state index contributed by atoms with van der Waals surface area (Å²) in [7, 11) is -2.37. The fraction of sp³-hybridized carbons (Fsp3) is 0.200. The average Bonchev–Trinajstić information content (AvgIpc) is 2.45. The highest BCUT2D eigenvalue weighted by Gasteiger charge is 2.26. The molecule has 0 aliphatic carbocycles. The molecule has 0 bridgehead atoms. The van der Waals surface area contributed by atoms with Crippen LogP contribution in [0.2, 0.25) is 5.04 Å². The van der Waals surface area contributed by atoms with Crippen molar-refractivity contribution in [3.63, 3.8) is 0 Å². The van der Waals surface area contributed by atoms with Crippen LogP contribution in [0.5, 0.6) is 5.75 Å². The Labute approximate surface area is 123 Å². The van der Waals surface area contributed by atoms with Gasteiger partial charge < -0.3 is 14.5 Å². The van der Waals surface area contributed by atoms with Crippen LogP contribution in [-0.4, -0.2) is 26.9 Å². The summed E-state index contributed by atoms with van der Waals surface area (Å²) in [6.45, 7) is 11.5. The molecule has 0 atom stereocenters. The first kappa shape index (κ1) is 16.5. The molecule has 5 heteroatoms. The molecule has 0 aliphatic rings. The maximum atomic E-state index is 9.04. The molecule has 0 saturated carbocycles. The lowest BCUT2D eigenvalue weighted by molar-refractivity contribution is 0.425. The molecule has 0 fully saturated rings. The second-order valence-electron chi connectivity index (χ2n) is 4.78. The van der Waals surface area contributed by atoms with E-state index in [9.17, 15) is 0 Å². The van der Waals surface area contributed by atoms with E-state index < -0.39 is 16.9 Å². The van der Waals surface area contributed by atoms with Crippen LogP contribution in [-0.2, 0) is 0 Å². The lowest BCUT2D eigenvalue weighted by Gasteiger charge is -2.27. The molecule has 0 saturated heterocycles. The number of allylic oxidation sites excluding steroid dienone is 3. The van der Waals surface area contributed by atoms with Gasteiger partial charge in [0.2, 0.25) is 9.76 Å². The van der Waals surface area contributed by atoms with Gasteiger partial charge in [-0.3, -0.25) is 0 Å². The minimum absolute atomic E-state index is 0.0708. The SMILES string of the molecule is C=CCC(C=C)(CC=C)[SiH2]Oc1ccc(B(O)O)cc1. The smallest absolute Gasteiger partial charge is 0.488 e. The standard InChI is InChI=1S/C15H21BO3Si/c1-4-11-15(6-3,12-5-2)20-19-14-9-7-13(8-10-14)16(17)18/h4-10,17-18H,1-3,11-12,20H2. The van der Waals surface area contributed by atoms with E-state index in [1.54, 1.807) is 24.3 Å². The number of hydrogen-bond acceptors (Lipinski definition) is 3. The molecule has 1 rings (SSSR count). The Morgan fingerprint density at radius 3 is 2.05 bits per heavy atom. The number of rotatable bonds is 9. The summed E-state index contributed by atoms with van der Waals surface area (Å²) >= 11 is 0. The molecular weight excluding hydrogens is 267 g/mol. The van der Waals surface area contributed by atoms with Gasteiger partial charge in [-0.15, -0.1) is 19.7 Å². The zero-order valence-electron chi connectivity index (χ0n) is 11.7. The summed E-state index contributed by atoms with van der Waals surface area (Å²) in [4.78, 5) is 0. The highest BCUT2D eigenvalue weighted by Crippen LogP contribution is 2.36. The van der Waals surface area contributed by atoms with Crippen molar-refractivity contribution < 1.29 is 14.5 Å². The summed E-state index contributed by atoms with van der Waals surface area (Å²) in [6.07, 6.45) is 7.35. The first-order valence-corrected chi connectivity index (χ1v) is 7.79. The lowest BCUT2D eigenvalue weighted by Crippen LogP contribution is -2.29. The molecule has 1 aromatic carbocycles. The van der Waals surface area contributed by atoms with Gasteiger partial charge in [-0.05, 0) is 30.4 Å². The highest BCUT2D eigenvalue weighted by atomic mass is 28.2. The third-order valence-corrected chi connectivity index (χ3v) is 5.16. The van der Waals surface area contributed by atoms with Crippen LogP contribution in [0.4, 0.5) is 0 Å². The molecule has 20 heavy (non-hydrogen) atoms. The van der Waals surface area contributed by atoms with E-state index in [4.69, 9.17) is 14.5 Å². The zero-order valence-corrected chi connectivity index (χ0v) is 13.1. The fourth-order valence-corrected chi connectivity index (χ4v) is 3.37. The largest absolute Gasteiger partial charge is 0.548 e. The van der Waals surface area contributed by atoms with E-state index in [-0.39, 0.29) is 5.04 Å². The van der Waals surface area contributed by atoms with Gasteiger partial charge in [-0.1, -0.05) is 30.4 Å². The van der Waals surface area contributed by atoms with Crippen LogP contribution in [0, 0.1) is 0 Å². The van der Waals surface area contributed by atoms with Crippen LogP contribution in [0.3, 0.4) is 0 Å². The summed E-state index contributed by atoms with van der Waals surface area (Å²) in [5.74, 6) is 0.736. The Bertz CT molecular complexity index is 447. The van der Waals surface area contributed by atoms with Crippen LogP contribution in [0.25, 0.3) is 0 Å². The Kier molecular flexibility index (Phi) is 6.51. The second kappa shape index (κ2) is 7.89. The third kappa shape index (κ3) is 4.52. The number of benzene rings is 1. The molecule has 0 unspecified atom stereocenters. The van der Waals surface area contributed by atoms with Crippen molar-refractivity contribution in [2.45, 2.75) is 17.9 Å². The van der Waals surface area contributed by atoms with Crippen molar-refractivity contribution in [2.24, 2.45) is 0 Å². The molecule has 0 amide bonds. The van der Waals surface area contributed by atoms with Crippen molar-refractivity contribution in [3.8, 4) is 5.75 Å². The Balaban J connectivity index is 2.73. The van der Waals surface area contributed by atoms with Crippen molar-refractivity contribution in [1.82, 2.24) is 0 Å². The number of hydrogen-bond donors (Lipinski definition) is 2. The van der Waals surface area contributed by atoms with Crippen molar-refractivity contribution >= 4 is 22.3 Å². The molecule has 2 N–H and O–H groups in total. The van der Waals surface area contributed by atoms with Crippen LogP contribution in [0.15, 0.2) is 62.2 Å². The van der Waals surface area contributed by atoms with E-state index in [1.165, 1.54) is 0 Å². The molecule has 0 aliphatic heterocycles. The Morgan fingerprint density at radius 2 is 1.65 bits per heavy atom. The van der Waals surface area contributed by atoms with Gasteiger partial charge in [0.25, 0.3) is 0 Å². The van der Waals surface area contributed by atoms with Gasteiger partial charge in [0.05, 0.1) is 0 Å². The van der Waals surface area contributed by atoms with Gasteiger partial charge in [0.1, 0.15) is 5.75 Å². The lowest BCUT2D eigenvalue weighted by atomic mass is 9.80. The topological polar surface area (TPSA) is 49.7 Å². The second-order valence-corrected chi connectivity index (χ2v) is 6.77. The van der Waals surface area contributed by atoms with E-state index in [0.29, 0.717) is 5.46 Å². The monoisotopic (exact) mass is 288 g/mol. The van der Waals surface area contributed by atoms with Crippen molar-refractivity contribution in [2.75, 3.05) is 0 Å². The molecule has 3 nitrogen and oxygen atoms in total. The summed E-state index contributed by atoms with van der Waals surface area (Å²) < 4.78 is 5.91. The molecule has 0 radical (unpaired) electrons. The van der Waals surface area contributed by atoms with E-state index >= 15 is 0 Å². The normalized spacial score (nSPS) is 11.3. The van der Waals surface area contributed by atoms with E-state index in [2.05, 4.69) is 19.7 Å². The van der Waals surface area contributed by atoms with Crippen LogP contribution < -0.4 is 9.89 Å². The minimum Gasteiger partial charge on any atom is -0.548 e. The molecule has 106 valence electrons. The molecule has 1 aromatic rings. The predicted molar refractivity (Wildman–Crippen MR) is 88.0 cm³/mol. The minimum atomic E-state index is -1.45. The summed E-state index contributed by atoms with van der Waals surface area (Å²) in [6, 6.07) is 6.78. The van der Waals surface area contributed by atoms with Crippen LogP contribution in [0.1, 0.15) is 12.8 Å².